The smallest absolute Gasteiger partial charge is 0.339 e. The number of carbonyl (C=O) groups excluding carboxylic acids is 2. The summed E-state index contributed by atoms with van der Waals surface area (Å²) in [5.41, 5.74) is 2.42. The van der Waals surface area contributed by atoms with E-state index in [2.05, 4.69) is 0 Å². The Hall–Kier alpha value is -2.10. The van der Waals surface area contributed by atoms with Gasteiger partial charge in [-0.15, -0.1) is 0 Å². The van der Waals surface area contributed by atoms with Crippen molar-refractivity contribution in [1.82, 2.24) is 0 Å². The van der Waals surface area contributed by atoms with Gasteiger partial charge in [-0.05, 0) is 30.5 Å². The first-order valence-corrected chi connectivity index (χ1v) is 6.34. The van der Waals surface area contributed by atoms with Gasteiger partial charge >= 0.3 is 11.9 Å². The van der Waals surface area contributed by atoms with Gasteiger partial charge in [0.1, 0.15) is 12.2 Å². The number of benzene rings is 1. The van der Waals surface area contributed by atoms with Crippen LogP contribution in [0.1, 0.15) is 35.7 Å². The number of carbonyl (C=O) groups is 2. The van der Waals surface area contributed by atoms with E-state index in [4.69, 9.17) is 9.47 Å². The quantitative estimate of drug-likeness (QED) is 0.725. The van der Waals surface area contributed by atoms with Crippen molar-refractivity contribution in [1.29, 1.82) is 0 Å². The summed E-state index contributed by atoms with van der Waals surface area (Å²) >= 11 is 0. The molecule has 1 aliphatic carbocycles. The molecule has 0 aromatic heterocycles. The highest BCUT2D eigenvalue weighted by atomic mass is 16.6. The van der Waals surface area contributed by atoms with Crippen molar-refractivity contribution in [3.63, 3.8) is 0 Å². The molecule has 2 aliphatic rings. The van der Waals surface area contributed by atoms with Crippen LogP contribution in [0, 0.1) is 0 Å². The van der Waals surface area contributed by atoms with Crippen molar-refractivity contribution in [2.45, 2.75) is 32.0 Å². The third kappa shape index (κ3) is 2.14. The summed E-state index contributed by atoms with van der Waals surface area (Å²) in [6.45, 7) is 1.40. The van der Waals surface area contributed by atoms with Crippen LogP contribution in [-0.4, -0.2) is 24.1 Å². The maximum absolute atomic E-state index is 11.9. The van der Waals surface area contributed by atoms with Crippen molar-refractivity contribution in [2.24, 2.45) is 0 Å². The summed E-state index contributed by atoms with van der Waals surface area (Å²) in [5, 5.41) is 0. The van der Waals surface area contributed by atoms with Crippen LogP contribution in [0.4, 0.5) is 0 Å². The van der Waals surface area contributed by atoms with Crippen LogP contribution >= 0.6 is 0 Å². The Kier molecular flexibility index (Phi) is 2.85. The molecule has 2 atom stereocenters. The first-order chi connectivity index (χ1) is 9.15. The Morgan fingerprint density at radius 3 is 2.74 bits per heavy atom. The molecule has 0 bridgehead atoms. The molecule has 98 valence electrons. The molecule has 0 amide bonds. The van der Waals surface area contributed by atoms with E-state index < -0.39 is 0 Å². The molecule has 4 heteroatoms. The Morgan fingerprint density at radius 1 is 1.26 bits per heavy atom. The topological polar surface area (TPSA) is 52.6 Å². The average molecular weight is 258 g/mol. The van der Waals surface area contributed by atoms with Gasteiger partial charge < -0.3 is 9.47 Å². The zero-order chi connectivity index (χ0) is 13.4. The van der Waals surface area contributed by atoms with E-state index in [9.17, 15) is 9.59 Å². The second-order valence-electron chi connectivity index (χ2n) is 4.79. The van der Waals surface area contributed by atoms with E-state index >= 15 is 0 Å². The van der Waals surface area contributed by atoms with Crippen LogP contribution < -0.4 is 0 Å². The van der Waals surface area contributed by atoms with E-state index in [1.807, 2.05) is 24.3 Å². The van der Waals surface area contributed by atoms with Crippen LogP contribution in [0.2, 0.25) is 0 Å². The lowest BCUT2D eigenvalue weighted by Crippen LogP contribution is -2.32. The second kappa shape index (κ2) is 4.53. The molecule has 19 heavy (non-hydrogen) atoms. The monoisotopic (exact) mass is 258 g/mol. The van der Waals surface area contributed by atoms with Gasteiger partial charge in [-0.25, -0.2) is 4.79 Å². The lowest BCUT2D eigenvalue weighted by Gasteiger charge is -2.32. The lowest BCUT2D eigenvalue weighted by atomic mass is 9.85. The number of hydrogen-bond acceptors (Lipinski definition) is 4. The normalized spacial score (nSPS) is 24.7. The van der Waals surface area contributed by atoms with E-state index in [0.717, 1.165) is 11.1 Å². The highest BCUT2D eigenvalue weighted by molar-refractivity contribution is 5.99. The van der Waals surface area contributed by atoms with Crippen LogP contribution in [0.25, 0.3) is 5.57 Å². The van der Waals surface area contributed by atoms with Crippen molar-refractivity contribution in [3.05, 3.63) is 41.5 Å². The van der Waals surface area contributed by atoms with Crippen molar-refractivity contribution >= 4 is 17.5 Å². The Morgan fingerprint density at radius 2 is 2.00 bits per heavy atom. The summed E-state index contributed by atoms with van der Waals surface area (Å²) in [6.07, 6.45) is 2.83. The minimum atomic E-state index is -0.290. The van der Waals surface area contributed by atoms with Crippen molar-refractivity contribution in [2.75, 3.05) is 0 Å². The largest absolute Gasteiger partial charge is 0.458 e. The molecule has 1 aliphatic heterocycles. The second-order valence-corrected chi connectivity index (χ2v) is 4.79. The number of rotatable bonds is 1. The standard InChI is InChI=1S/C15H14O4/c1-9(16)18-10-6-7-14-13(8-10)11-4-2-3-5-12(11)15(17)19-14/h2-5,8,10,14H,6-7H2,1H3/t10-,14-/m0/s1. The van der Waals surface area contributed by atoms with Crippen LogP contribution in [0.15, 0.2) is 30.3 Å². The molecule has 4 nitrogen and oxygen atoms in total. The van der Waals surface area contributed by atoms with Gasteiger partial charge in [0.05, 0.1) is 5.56 Å². The summed E-state index contributed by atoms with van der Waals surface area (Å²) in [4.78, 5) is 22.9. The predicted molar refractivity (Wildman–Crippen MR) is 68.4 cm³/mol. The highest BCUT2D eigenvalue weighted by Crippen LogP contribution is 2.36. The van der Waals surface area contributed by atoms with Gasteiger partial charge in [-0.2, -0.15) is 0 Å². The molecule has 0 unspecified atom stereocenters. The fraction of sp³-hybridized carbons (Fsp3) is 0.333. The minimum absolute atomic E-state index is 0.214. The van der Waals surface area contributed by atoms with Crippen LogP contribution in [0.3, 0.4) is 0 Å². The summed E-state index contributed by atoms with van der Waals surface area (Å²) in [6, 6.07) is 7.37. The van der Waals surface area contributed by atoms with E-state index in [-0.39, 0.29) is 24.1 Å². The lowest BCUT2D eigenvalue weighted by molar-refractivity contribution is -0.144. The van der Waals surface area contributed by atoms with Crippen LogP contribution in [0.5, 0.6) is 0 Å². The van der Waals surface area contributed by atoms with E-state index in [1.54, 1.807) is 6.07 Å². The fourth-order valence-corrected chi connectivity index (χ4v) is 2.66. The molecular weight excluding hydrogens is 244 g/mol. The van der Waals surface area contributed by atoms with Gasteiger partial charge in [0.25, 0.3) is 0 Å². The summed E-state index contributed by atoms with van der Waals surface area (Å²) < 4.78 is 10.6. The first kappa shape index (κ1) is 12.0. The maximum atomic E-state index is 11.9. The Balaban J connectivity index is 2.01. The number of hydrogen-bond donors (Lipinski definition) is 0. The third-order valence-corrected chi connectivity index (χ3v) is 3.45. The molecule has 0 fully saturated rings. The van der Waals surface area contributed by atoms with Gasteiger partial charge in [0.2, 0.25) is 0 Å². The molecule has 0 radical (unpaired) electrons. The molecule has 0 spiro atoms. The SMILES string of the molecule is CC(=O)O[C@@H]1C=C2c3ccccc3C(=O)O[C@H]2CC1. The Bertz CT molecular complexity index is 573. The zero-order valence-electron chi connectivity index (χ0n) is 10.6. The fourth-order valence-electron chi connectivity index (χ4n) is 2.66. The number of ether oxygens (including phenoxy) is 2. The van der Waals surface area contributed by atoms with Gasteiger partial charge in [0, 0.05) is 12.5 Å². The molecule has 0 saturated heterocycles. The molecule has 3 rings (SSSR count). The summed E-state index contributed by atoms with van der Waals surface area (Å²) in [5.74, 6) is -0.565. The van der Waals surface area contributed by atoms with E-state index in [1.165, 1.54) is 6.92 Å². The predicted octanol–water partition coefficient (Wildman–Crippen LogP) is 2.33. The molecular formula is C15H14O4. The Labute approximate surface area is 111 Å². The molecule has 1 aromatic rings. The maximum Gasteiger partial charge on any atom is 0.339 e. The third-order valence-electron chi connectivity index (χ3n) is 3.45. The van der Waals surface area contributed by atoms with Gasteiger partial charge in [-0.1, -0.05) is 18.2 Å². The van der Waals surface area contributed by atoms with Crippen LogP contribution in [-0.2, 0) is 14.3 Å². The van der Waals surface area contributed by atoms with Gasteiger partial charge in [0.15, 0.2) is 0 Å². The molecule has 1 aromatic carbocycles. The molecule has 0 N–H and O–H groups in total. The zero-order valence-corrected chi connectivity index (χ0v) is 10.6. The highest BCUT2D eigenvalue weighted by Gasteiger charge is 2.34. The molecule has 1 heterocycles. The minimum Gasteiger partial charge on any atom is -0.458 e. The molecule has 0 saturated carbocycles. The number of fused-ring (bicyclic) bond motifs is 3. The van der Waals surface area contributed by atoms with E-state index in [0.29, 0.717) is 18.4 Å². The van der Waals surface area contributed by atoms with Gasteiger partial charge in [-0.3, -0.25) is 4.79 Å². The van der Waals surface area contributed by atoms with Crippen molar-refractivity contribution in [3.8, 4) is 0 Å². The first-order valence-electron chi connectivity index (χ1n) is 6.34. The van der Waals surface area contributed by atoms with Crippen molar-refractivity contribution < 1.29 is 19.1 Å². The average Bonchev–Trinajstić information content (AvgIpc) is 2.39. The number of esters is 2. The summed E-state index contributed by atoms with van der Waals surface area (Å²) in [7, 11) is 0.